The van der Waals surface area contributed by atoms with Gasteiger partial charge in [-0.15, -0.1) is 0 Å². The summed E-state index contributed by atoms with van der Waals surface area (Å²) < 4.78 is 5.41. The highest BCUT2D eigenvalue weighted by atomic mass is 16.5. The molecule has 18 heavy (non-hydrogen) atoms. The van der Waals surface area contributed by atoms with Crippen LogP contribution in [0.4, 0.5) is 0 Å². The average Bonchev–Trinajstić information content (AvgIpc) is 2.38. The smallest absolute Gasteiger partial charge is 0.122 e. The monoisotopic (exact) mass is 250 g/mol. The van der Waals surface area contributed by atoms with Crippen molar-refractivity contribution < 1.29 is 4.74 Å². The first-order valence-electron chi connectivity index (χ1n) is 6.76. The molecule has 0 aromatic heterocycles. The average molecular weight is 250 g/mol. The fourth-order valence-corrected chi connectivity index (χ4v) is 1.93. The summed E-state index contributed by atoms with van der Waals surface area (Å²) in [6.07, 6.45) is 2.03. The first kappa shape index (κ1) is 15.0. The zero-order valence-electron chi connectivity index (χ0n) is 11.8. The summed E-state index contributed by atoms with van der Waals surface area (Å²) in [5.74, 6) is 1.54. The summed E-state index contributed by atoms with van der Waals surface area (Å²) in [4.78, 5) is 0. The molecule has 102 valence electrons. The summed E-state index contributed by atoms with van der Waals surface area (Å²) in [6.45, 7) is 7.13. The normalized spacial score (nSPS) is 10.9. The van der Waals surface area contributed by atoms with Crippen LogP contribution in [0.2, 0.25) is 0 Å². The van der Waals surface area contributed by atoms with E-state index in [0.717, 1.165) is 38.2 Å². The number of ether oxygens (including phenoxy) is 1. The predicted molar refractivity (Wildman–Crippen MR) is 77.3 cm³/mol. The molecule has 0 bridgehead atoms. The summed E-state index contributed by atoms with van der Waals surface area (Å²) in [6, 6.07) is 6.48. The molecule has 3 heteroatoms. The first-order chi connectivity index (χ1) is 8.69. The lowest BCUT2D eigenvalue weighted by Gasteiger charge is -2.13. The number of rotatable bonds is 8. The van der Waals surface area contributed by atoms with Crippen LogP contribution in [0.1, 0.15) is 37.3 Å². The lowest BCUT2D eigenvalue weighted by atomic mass is 9.99. The number of benzene rings is 1. The van der Waals surface area contributed by atoms with E-state index in [1.165, 1.54) is 11.1 Å². The third kappa shape index (κ3) is 4.67. The summed E-state index contributed by atoms with van der Waals surface area (Å²) in [5.41, 5.74) is 8.11. The van der Waals surface area contributed by atoms with E-state index in [9.17, 15) is 0 Å². The van der Waals surface area contributed by atoms with Gasteiger partial charge in [0.15, 0.2) is 0 Å². The van der Waals surface area contributed by atoms with Crippen LogP contribution >= 0.6 is 0 Å². The van der Waals surface area contributed by atoms with Crippen LogP contribution in [0.5, 0.6) is 5.75 Å². The SMILES string of the molecule is COc1ccc(C(C)C)cc1CCNCCCN. The highest BCUT2D eigenvalue weighted by molar-refractivity contribution is 5.38. The second-order valence-electron chi connectivity index (χ2n) is 4.87. The highest BCUT2D eigenvalue weighted by Crippen LogP contribution is 2.24. The van der Waals surface area contributed by atoms with E-state index in [1.807, 2.05) is 0 Å². The topological polar surface area (TPSA) is 47.3 Å². The Morgan fingerprint density at radius 2 is 2.06 bits per heavy atom. The Hall–Kier alpha value is -1.06. The van der Waals surface area contributed by atoms with Crippen molar-refractivity contribution in [3.63, 3.8) is 0 Å². The molecule has 0 fully saturated rings. The third-order valence-electron chi connectivity index (χ3n) is 3.10. The summed E-state index contributed by atoms with van der Waals surface area (Å²) in [5, 5.41) is 3.40. The predicted octanol–water partition coefficient (Wildman–Crippen LogP) is 2.30. The number of nitrogens with one attached hydrogen (secondary N) is 1. The number of methoxy groups -OCH3 is 1. The molecule has 1 aromatic rings. The van der Waals surface area contributed by atoms with Gasteiger partial charge in [0.25, 0.3) is 0 Å². The molecule has 0 aliphatic carbocycles. The van der Waals surface area contributed by atoms with Gasteiger partial charge in [0.2, 0.25) is 0 Å². The summed E-state index contributed by atoms with van der Waals surface area (Å²) in [7, 11) is 1.73. The minimum atomic E-state index is 0.555. The molecular weight excluding hydrogens is 224 g/mol. The Bertz CT molecular complexity index is 350. The fraction of sp³-hybridized carbons (Fsp3) is 0.600. The van der Waals surface area contributed by atoms with Crippen molar-refractivity contribution in [3.8, 4) is 5.75 Å². The van der Waals surface area contributed by atoms with Crippen molar-refractivity contribution in [1.29, 1.82) is 0 Å². The molecule has 0 saturated carbocycles. The molecule has 0 heterocycles. The van der Waals surface area contributed by atoms with E-state index in [0.29, 0.717) is 5.92 Å². The molecule has 0 amide bonds. The second kappa shape index (κ2) is 8.11. The molecule has 0 unspecified atom stereocenters. The molecule has 0 spiro atoms. The Labute approximate surface area is 111 Å². The van der Waals surface area contributed by atoms with Crippen LogP contribution in [0.25, 0.3) is 0 Å². The van der Waals surface area contributed by atoms with Crippen LogP contribution in [0.3, 0.4) is 0 Å². The lowest BCUT2D eigenvalue weighted by Crippen LogP contribution is -2.21. The maximum atomic E-state index is 5.46. The third-order valence-corrected chi connectivity index (χ3v) is 3.10. The number of hydrogen-bond acceptors (Lipinski definition) is 3. The quantitative estimate of drug-likeness (QED) is 0.696. The van der Waals surface area contributed by atoms with Crippen LogP contribution in [0.15, 0.2) is 18.2 Å². The molecule has 0 aliphatic rings. The van der Waals surface area contributed by atoms with E-state index in [1.54, 1.807) is 7.11 Å². The van der Waals surface area contributed by atoms with Gasteiger partial charge >= 0.3 is 0 Å². The summed E-state index contributed by atoms with van der Waals surface area (Å²) >= 11 is 0. The Morgan fingerprint density at radius 1 is 1.28 bits per heavy atom. The van der Waals surface area contributed by atoms with E-state index in [4.69, 9.17) is 10.5 Å². The zero-order chi connectivity index (χ0) is 13.4. The van der Waals surface area contributed by atoms with Crippen molar-refractivity contribution in [1.82, 2.24) is 5.32 Å². The first-order valence-corrected chi connectivity index (χ1v) is 6.76. The van der Waals surface area contributed by atoms with Gasteiger partial charge in [-0.2, -0.15) is 0 Å². The molecule has 1 rings (SSSR count). The number of hydrogen-bond donors (Lipinski definition) is 2. The molecular formula is C15H26N2O. The lowest BCUT2D eigenvalue weighted by molar-refractivity contribution is 0.409. The molecule has 0 aliphatic heterocycles. The molecule has 3 nitrogen and oxygen atoms in total. The van der Waals surface area contributed by atoms with Crippen molar-refractivity contribution in [2.24, 2.45) is 5.73 Å². The standard InChI is InChI=1S/C15H26N2O/c1-12(2)13-5-6-15(18-3)14(11-13)7-10-17-9-4-8-16/h5-6,11-12,17H,4,7-10,16H2,1-3H3. The van der Waals surface area contributed by atoms with Gasteiger partial charge in [-0.25, -0.2) is 0 Å². The van der Waals surface area contributed by atoms with Gasteiger partial charge in [0.05, 0.1) is 7.11 Å². The van der Waals surface area contributed by atoms with Gasteiger partial charge in [-0.05, 0) is 55.6 Å². The van der Waals surface area contributed by atoms with Crippen LogP contribution in [-0.2, 0) is 6.42 Å². The molecule has 0 saturated heterocycles. The van der Waals surface area contributed by atoms with Crippen LogP contribution in [0, 0.1) is 0 Å². The number of nitrogens with two attached hydrogens (primary N) is 1. The van der Waals surface area contributed by atoms with Crippen LogP contribution in [-0.4, -0.2) is 26.7 Å². The van der Waals surface area contributed by atoms with Gasteiger partial charge in [0, 0.05) is 0 Å². The van der Waals surface area contributed by atoms with Gasteiger partial charge in [-0.3, -0.25) is 0 Å². The molecule has 1 aromatic carbocycles. The Morgan fingerprint density at radius 3 is 2.67 bits per heavy atom. The van der Waals surface area contributed by atoms with Crippen molar-refractivity contribution >= 4 is 0 Å². The minimum Gasteiger partial charge on any atom is -0.496 e. The van der Waals surface area contributed by atoms with E-state index in [2.05, 4.69) is 37.4 Å². The molecule has 0 radical (unpaired) electrons. The molecule has 0 atom stereocenters. The fourth-order valence-electron chi connectivity index (χ4n) is 1.93. The van der Waals surface area contributed by atoms with Crippen molar-refractivity contribution in [2.75, 3.05) is 26.7 Å². The van der Waals surface area contributed by atoms with Gasteiger partial charge < -0.3 is 15.8 Å². The second-order valence-corrected chi connectivity index (χ2v) is 4.87. The van der Waals surface area contributed by atoms with Gasteiger partial charge in [0.1, 0.15) is 5.75 Å². The zero-order valence-corrected chi connectivity index (χ0v) is 11.8. The van der Waals surface area contributed by atoms with Crippen molar-refractivity contribution in [2.45, 2.75) is 32.6 Å². The molecule has 3 N–H and O–H groups in total. The van der Waals surface area contributed by atoms with E-state index < -0.39 is 0 Å². The van der Waals surface area contributed by atoms with E-state index >= 15 is 0 Å². The van der Waals surface area contributed by atoms with E-state index in [-0.39, 0.29) is 0 Å². The van der Waals surface area contributed by atoms with Crippen molar-refractivity contribution in [3.05, 3.63) is 29.3 Å². The van der Waals surface area contributed by atoms with Crippen LogP contribution < -0.4 is 15.8 Å². The maximum absolute atomic E-state index is 5.46. The Balaban J connectivity index is 2.58. The maximum Gasteiger partial charge on any atom is 0.122 e. The minimum absolute atomic E-state index is 0.555. The Kier molecular flexibility index (Phi) is 6.76. The highest BCUT2D eigenvalue weighted by Gasteiger charge is 2.06. The largest absolute Gasteiger partial charge is 0.496 e. The van der Waals surface area contributed by atoms with Gasteiger partial charge in [-0.1, -0.05) is 26.0 Å².